The predicted octanol–water partition coefficient (Wildman–Crippen LogP) is 2.96. The molecule has 2 aromatic heterocycles. The lowest BCUT2D eigenvalue weighted by Gasteiger charge is -2.21. The van der Waals surface area contributed by atoms with E-state index in [0.717, 1.165) is 23.5 Å². The van der Waals surface area contributed by atoms with E-state index in [9.17, 15) is 0 Å². The van der Waals surface area contributed by atoms with Crippen molar-refractivity contribution in [2.24, 2.45) is 11.3 Å². The minimum absolute atomic E-state index is 0.451. The summed E-state index contributed by atoms with van der Waals surface area (Å²) in [5.41, 5.74) is 9.28. The average Bonchev–Trinajstić information content (AvgIpc) is 3.03. The summed E-state index contributed by atoms with van der Waals surface area (Å²) in [6.07, 6.45) is 9.94. The van der Waals surface area contributed by atoms with E-state index in [1.165, 1.54) is 12.8 Å². The maximum Gasteiger partial charge on any atom is 0.0951 e. The number of anilines is 1. The lowest BCUT2D eigenvalue weighted by molar-refractivity contribution is 0.310. The highest BCUT2D eigenvalue weighted by molar-refractivity contribution is 5.72. The monoisotopic (exact) mass is 256 g/mol. The number of nitrogens with zero attached hydrogens (tertiary/aromatic N) is 3. The first-order chi connectivity index (χ1) is 9.12. The molecule has 1 aliphatic rings. The van der Waals surface area contributed by atoms with E-state index in [-0.39, 0.29) is 0 Å². The molecule has 3 rings (SSSR count). The molecule has 0 aliphatic heterocycles. The molecule has 0 unspecified atom stereocenters. The van der Waals surface area contributed by atoms with E-state index in [1.807, 2.05) is 24.8 Å². The first-order valence-electron chi connectivity index (χ1n) is 6.82. The van der Waals surface area contributed by atoms with Gasteiger partial charge < -0.3 is 10.3 Å². The molecule has 2 N–H and O–H groups in total. The van der Waals surface area contributed by atoms with Crippen LogP contribution in [0.1, 0.15) is 26.7 Å². The highest BCUT2D eigenvalue weighted by Crippen LogP contribution is 2.53. The number of pyridine rings is 1. The zero-order valence-electron chi connectivity index (χ0n) is 11.5. The molecule has 0 amide bonds. The van der Waals surface area contributed by atoms with Gasteiger partial charge in [0.1, 0.15) is 0 Å². The summed E-state index contributed by atoms with van der Waals surface area (Å²) in [6, 6.07) is 1.84. The van der Waals surface area contributed by atoms with Crippen molar-refractivity contribution in [3.05, 3.63) is 31.0 Å². The minimum atomic E-state index is 0.451. The smallest absolute Gasteiger partial charge is 0.0951 e. The Morgan fingerprint density at radius 1 is 1.32 bits per heavy atom. The van der Waals surface area contributed by atoms with Crippen LogP contribution in [0.2, 0.25) is 0 Å². The second-order valence-electron chi connectivity index (χ2n) is 5.89. The third kappa shape index (κ3) is 2.11. The molecule has 100 valence electrons. The van der Waals surface area contributed by atoms with Gasteiger partial charge in [0.05, 0.1) is 18.2 Å². The molecule has 4 nitrogen and oxygen atoms in total. The molecule has 1 fully saturated rings. The van der Waals surface area contributed by atoms with Gasteiger partial charge in [-0.1, -0.05) is 13.8 Å². The van der Waals surface area contributed by atoms with E-state index in [1.54, 1.807) is 6.20 Å². The first kappa shape index (κ1) is 12.2. The molecule has 2 aromatic rings. The van der Waals surface area contributed by atoms with E-state index < -0.39 is 0 Å². The Hall–Kier alpha value is -1.84. The van der Waals surface area contributed by atoms with Gasteiger partial charge in [-0.05, 0) is 30.2 Å². The van der Waals surface area contributed by atoms with Crippen molar-refractivity contribution in [3.63, 3.8) is 0 Å². The van der Waals surface area contributed by atoms with Gasteiger partial charge >= 0.3 is 0 Å². The van der Waals surface area contributed by atoms with Crippen LogP contribution < -0.4 is 5.73 Å². The maximum atomic E-state index is 6.04. The van der Waals surface area contributed by atoms with Crippen molar-refractivity contribution in [3.8, 4) is 11.3 Å². The SMILES string of the molecule is CC(C)C1(Cn2cncc2-c2cnccc2N)CC1. The summed E-state index contributed by atoms with van der Waals surface area (Å²) in [5.74, 6) is 0.703. The summed E-state index contributed by atoms with van der Waals surface area (Å²) < 4.78 is 2.22. The van der Waals surface area contributed by atoms with E-state index >= 15 is 0 Å². The number of nitrogen functional groups attached to an aromatic ring is 1. The predicted molar refractivity (Wildman–Crippen MR) is 76.4 cm³/mol. The number of hydrogen-bond donors (Lipinski definition) is 1. The van der Waals surface area contributed by atoms with E-state index in [0.29, 0.717) is 11.3 Å². The number of hydrogen-bond acceptors (Lipinski definition) is 3. The normalized spacial score (nSPS) is 16.8. The van der Waals surface area contributed by atoms with Crippen LogP contribution in [0.25, 0.3) is 11.3 Å². The third-order valence-corrected chi connectivity index (χ3v) is 4.45. The van der Waals surface area contributed by atoms with Gasteiger partial charge in [0.15, 0.2) is 0 Å². The molecule has 0 bridgehead atoms. The Bertz CT molecular complexity index is 581. The van der Waals surface area contributed by atoms with Crippen LogP contribution in [0.3, 0.4) is 0 Å². The molecule has 0 aromatic carbocycles. The van der Waals surface area contributed by atoms with Crippen molar-refractivity contribution in [1.82, 2.24) is 14.5 Å². The maximum absolute atomic E-state index is 6.04. The van der Waals surface area contributed by atoms with Crippen molar-refractivity contribution in [2.75, 3.05) is 5.73 Å². The van der Waals surface area contributed by atoms with Crippen LogP contribution in [0.4, 0.5) is 5.69 Å². The van der Waals surface area contributed by atoms with Crippen molar-refractivity contribution < 1.29 is 0 Å². The van der Waals surface area contributed by atoms with Crippen LogP contribution in [0.5, 0.6) is 0 Å². The van der Waals surface area contributed by atoms with Crippen LogP contribution >= 0.6 is 0 Å². The molecule has 2 heterocycles. The van der Waals surface area contributed by atoms with Gasteiger partial charge in [-0.2, -0.15) is 0 Å². The zero-order chi connectivity index (χ0) is 13.5. The highest BCUT2D eigenvalue weighted by atomic mass is 15.1. The second kappa shape index (κ2) is 4.37. The standard InChI is InChI=1S/C15H20N4/c1-11(2)15(4-5-15)9-19-10-18-8-14(19)12-7-17-6-3-13(12)16/h3,6-8,10-11H,4-5,9H2,1-2H3,(H2,16,17). The van der Waals surface area contributed by atoms with Crippen molar-refractivity contribution in [1.29, 1.82) is 0 Å². The van der Waals surface area contributed by atoms with Crippen molar-refractivity contribution in [2.45, 2.75) is 33.2 Å². The van der Waals surface area contributed by atoms with Gasteiger partial charge in [-0.25, -0.2) is 4.98 Å². The molecule has 4 heteroatoms. The molecule has 0 radical (unpaired) electrons. The molecule has 0 saturated heterocycles. The molecule has 1 aliphatic carbocycles. The Balaban J connectivity index is 1.94. The fourth-order valence-electron chi connectivity index (χ4n) is 2.71. The zero-order valence-corrected chi connectivity index (χ0v) is 11.5. The van der Waals surface area contributed by atoms with Gasteiger partial charge in [-0.3, -0.25) is 4.98 Å². The fourth-order valence-corrected chi connectivity index (χ4v) is 2.71. The molecule has 1 saturated carbocycles. The molecular weight excluding hydrogens is 236 g/mol. The van der Waals surface area contributed by atoms with Crippen LogP contribution in [-0.4, -0.2) is 14.5 Å². The molecule has 0 spiro atoms. The van der Waals surface area contributed by atoms with Gasteiger partial charge in [0.2, 0.25) is 0 Å². The van der Waals surface area contributed by atoms with Gasteiger partial charge in [-0.15, -0.1) is 0 Å². The Morgan fingerprint density at radius 2 is 2.11 bits per heavy atom. The lowest BCUT2D eigenvalue weighted by Crippen LogP contribution is -2.17. The van der Waals surface area contributed by atoms with E-state index in [2.05, 4.69) is 28.4 Å². The molecule has 0 atom stereocenters. The minimum Gasteiger partial charge on any atom is -0.398 e. The van der Waals surface area contributed by atoms with Gasteiger partial charge in [0.25, 0.3) is 0 Å². The number of imidazole rings is 1. The fraction of sp³-hybridized carbons (Fsp3) is 0.467. The van der Waals surface area contributed by atoms with Crippen LogP contribution in [0.15, 0.2) is 31.0 Å². The van der Waals surface area contributed by atoms with Crippen molar-refractivity contribution >= 4 is 5.69 Å². The van der Waals surface area contributed by atoms with E-state index in [4.69, 9.17) is 5.73 Å². The topological polar surface area (TPSA) is 56.7 Å². The summed E-state index contributed by atoms with van der Waals surface area (Å²) in [4.78, 5) is 8.46. The largest absolute Gasteiger partial charge is 0.398 e. The lowest BCUT2D eigenvalue weighted by atomic mass is 9.92. The van der Waals surface area contributed by atoms with Gasteiger partial charge in [0, 0.05) is 30.2 Å². The molecule has 19 heavy (non-hydrogen) atoms. The average molecular weight is 256 g/mol. The second-order valence-corrected chi connectivity index (χ2v) is 5.89. The summed E-state index contributed by atoms with van der Waals surface area (Å²) in [6.45, 7) is 5.64. The van der Waals surface area contributed by atoms with Crippen LogP contribution in [-0.2, 0) is 6.54 Å². The van der Waals surface area contributed by atoms with Crippen LogP contribution in [0, 0.1) is 11.3 Å². The Morgan fingerprint density at radius 3 is 2.74 bits per heavy atom. The number of nitrogens with two attached hydrogens (primary N) is 1. The summed E-state index contributed by atoms with van der Waals surface area (Å²) >= 11 is 0. The number of rotatable bonds is 4. The number of aromatic nitrogens is 3. The highest BCUT2D eigenvalue weighted by Gasteiger charge is 2.45. The first-order valence-corrected chi connectivity index (χ1v) is 6.82. The molecular formula is C15H20N4. The third-order valence-electron chi connectivity index (χ3n) is 4.45. The Labute approximate surface area is 113 Å². The summed E-state index contributed by atoms with van der Waals surface area (Å²) in [5, 5.41) is 0. The summed E-state index contributed by atoms with van der Waals surface area (Å²) in [7, 11) is 0. The Kier molecular flexibility index (Phi) is 2.81. The quantitative estimate of drug-likeness (QED) is 0.915.